The summed E-state index contributed by atoms with van der Waals surface area (Å²) in [5.41, 5.74) is 0. The van der Waals surface area contributed by atoms with Crippen LogP contribution in [0.3, 0.4) is 0 Å². The third kappa shape index (κ3) is 324. The van der Waals surface area contributed by atoms with Crippen molar-refractivity contribution in [1.82, 2.24) is 0 Å². The maximum Gasteiger partial charge on any atom is 3.00 e. The van der Waals surface area contributed by atoms with E-state index < -0.39 is 0 Å². The van der Waals surface area contributed by atoms with Gasteiger partial charge in [0, 0.05) is 0 Å². The average molecular weight is 333 g/mol. The second-order valence-electron chi connectivity index (χ2n) is 0.577. The zero-order chi connectivity index (χ0) is 5.41. The Bertz CT molecular complexity index is 34.0. The van der Waals surface area contributed by atoms with Crippen LogP contribution in [-0.4, -0.2) is 0 Å². The first kappa shape index (κ1) is 42.1. The van der Waals surface area contributed by atoms with Crippen LogP contribution in [0.2, 0.25) is 0 Å². The predicted octanol–water partition coefficient (Wildman–Crippen LogP) is -6.98. The summed E-state index contributed by atoms with van der Waals surface area (Å²) in [5.74, 6) is 0. The van der Waals surface area contributed by atoms with Gasteiger partial charge < -0.3 is 37.2 Å². The minimum atomic E-state index is 0. The van der Waals surface area contributed by atoms with Crippen LogP contribution in [0.5, 0.6) is 0 Å². The molecule has 0 aromatic heterocycles. The van der Waals surface area contributed by atoms with E-state index in [1.807, 2.05) is 0 Å². The third-order valence-electron chi connectivity index (χ3n) is 0. The van der Waals surface area contributed by atoms with E-state index in [-0.39, 0.29) is 78.1 Å². The molecular formula is C6H10Cl3Nd-2. The van der Waals surface area contributed by atoms with Gasteiger partial charge in [-0.25, -0.2) is 39.2 Å². The van der Waals surface area contributed by atoms with Crippen molar-refractivity contribution >= 4 is 0 Å². The minimum absolute atomic E-state index is 0. The first-order valence-corrected chi connectivity index (χ1v) is 1.63. The molecule has 4 heteroatoms. The van der Waals surface area contributed by atoms with Gasteiger partial charge >= 0.3 is 40.8 Å². The summed E-state index contributed by atoms with van der Waals surface area (Å²) in [6.07, 6.45) is 3.00. The Morgan fingerprint density at radius 2 is 0.800 bits per heavy atom. The van der Waals surface area contributed by atoms with E-state index in [0.717, 1.165) is 0 Å². The quantitative estimate of drug-likeness (QED) is 0.387. The molecule has 0 N–H and O–H groups in total. The van der Waals surface area contributed by atoms with Gasteiger partial charge in [0.05, 0.1) is 0 Å². The van der Waals surface area contributed by atoms with E-state index in [1.165, 1.54) is 12.2 Å². The van der Waals surface area contributed by atoms with Crippen molar-refractivity contribution in [2.45, 2.75) is 0 Å². The fourth-order valence-corrected chi connectivity index (χ4v) is 0. The van der Waals surface area contributed by atoms with E-state index in [0.29, 0.717) is 0 Å². The molecule has 0 aromatic carbocycles. The van der Waals surface area contributed by atoms with E-state index in [1.54, 1.807) is 0 Å². The molecule has 0 aromatic rings. The van der Waals surface area contributed by atoms with Crippen molar-refractivity contribution < 1.29 is 78.1 Å². The van der Waals surface area contributed by atoms with Crippen LogP contribution < -0.4 is 37.2 Å². The van der Waals surface area contributed by atoms with Crippen molar-refractivity contribution in [3.05, 3.63) is 39.2 Å². The summed E-state index contributed by atoms with van der Waals surface area (Å²) in [4.78, 5) is 0. The molecule has 0 spiro atoms. The summed E-state index contributed by atoms with van der Waals surface area (Å²) in [6, 6.07) is 0. The van der Waals surface area contributed by atoms with Crippen LogP contribution in [0.25, 0.3) is 0 Å². The predicted molar refractivity (Wildman–Crippen MR) is 31.1 cm³/mol. The second kappa shape index (κ2) is 78.6. The molecule has 61 valence electrons. The Hall–Kier alpha value is 1.44. The molecule has 0 saturated heterocycles. The smallest absolute Gasteiger partial charge is 1.00 e. The van der Waals surface area contributed by atoms with Gasteiger partial charge in [0.25, 0.3) is 0 Å². The summed E-state index contributed by atoms with van der Waals surface area (Å²) >= 11 is 0. The molecule has 0 aliphatic heterocycles. The van der Waals surface area contributed by atoms with E-state index >= 15 is 0 Å². The first-order valence-electron chi connectivity index (χ1n) is 1.63. The maximum atomic E-state index is 3.25. The monoisotopic (exact) mass is 329 g/mol. The van der Waals surface area contributed by atoms with Crippen LogP contribution in [0.1, 0.15) is 0 Å². The topological polar surface area (TPSA) is 0 Å². The van der Waals surface area contributed by atoms with Crippen molar-refractivity contribution in [2.24, 2.45) is 0 Å². The average Bonchev–Trinajstić information content (AvgIpc) is 1.39. The van der Waals surface area contributed by atoms with E-state index in [2.05, 4.69) is 27.0 Å². The van der Waals surface area contributed by atoms with Gasteiger partial charge in [-0.15, -0.1) is 0 Å². The van der Waals surface area contributed by atoms with Gasteiger partial charge in [-0.3, -0.25) is 0 Å². The van der Waals surface area contributed by atoms with Crippen LogP contribution in [0.15, 0.2) is 25.3 Å². The molecule has 0 unspecified atom stereocenters. The van der Waals surface area contributed by atoms with Crippen molar-refractivity contribution in [3.8, 4) is 0 Å². The summed E-state index contributed by atoms with van der Waals surface area (Å²) in [5, 5.41) is 0. The van der Waals surface area contributed by atoms with E-state index in [4.69, 9.17) is 0 Å². The van der Waals surface area contributed by atoms with Gasteiger partial charge in [-0.05, 0) is 0 Å². The molecule has 0 aliphatic carbocycles. The standard InChI is InChI=1S/2C3H5.3ClH.Nd/c2*1-3-2;;;;/h2*3H,1-2H2;3*1H;/q2*-1;;;;+3/p-3. The maximum absolute atomic E-state index is 3.25. The van der Waals surface area contributed by atoms with Crippen LogP contribution in [0.4, 0.5) is 0 Å². The van der Waals surface area contributed by atoms with Gasteiger partial charge in [-0.1, -0.05) is 0 Å². The zero-order valence-electron chi connectivity index (χ0n) is 5.62. The Morgan fingerprint density at radius 3 is 0.800 bits per heavy atom. The number of hydrogen-bond acceptors (Lipinski definition) is 0. The normalized spacial score (nSPS) is 2.40. The van der Waals surface area contributed by atoms with Gasteiger partial charge in [0.15, 0.2) is 0 Å². The molecular weight excluding hydrogens is 323 g/mol. The number of hydrogen-bond donors (Lipinski definition) is 0. The summed E-state index contributed by atoms with van der Waals surface area (Å²) in [7, 11) is 0. The number of rotatable bonds is 0. The van der Waals surface area contributed by atoms with E-state index in [9.17, 15) is 0 Å². The second-order valence-corrected chi connectivity index (χ2v) is 0.577. The zero-order valence-corrected chi connectivity index (χ0v) is 11.1. The van der Waals surface area contributed by atoms with Crippen molar-refractivity contribution in [2.75, 3.05) is 0 Å². The molecule has 0 amide bonds. The van der Waals surface area contributed by atoms with Crippen LogP contribution in [0, 0.1) is 54.7 Å². The molecule has 0 heterocycles. The number of halogens is 3. The van der Waals surface area contributed by atoms with Gasteiger partial charge in [0.1, 0.15) is 0 Å². The molecule has 0 bridgehead atoms. The molecule has 0 fully saturated rings. The first-order chi connectivity index (χ1) is 2.83. The van der Waals surface area contributed by atoms with Gasteiger partial charge in [-0.2, -0.15) is 0 Å². The van der Waals surface area contributed by atoms with Crippen LogP contribution >= 0.6 is 0 Å². The largest absolute Gasteiger partial charge is 3.00 e. The van der Waals surface area contributed by atoms with Gasteiger partial charge in [0.2, 0.25) is 0 Å². The van der Waals surface area contributed by atoms with Crippen molar-refractivity contribution in [1.29, 1.82) is 0 Å². The van der Waals surface area contributed by atoms with Crippen LogP contribution in [-0.2, 0) is 0 Å². The Balaban J connectivity index is -0.00000000571. The number of allylic oxidation sites excluding steroid dienone is 2. The summed E-state index contributed by atoms with van der Waals surface area (Å²) in [6.45, 7) is 13.0. The third-order valence-corrected chi connectivity index (χ3v) is 0. The Kier molecular flexibility index (Phi) is 331. The molecule has 0 saturated carbocycles. The molecule has 10 heavy (non-hydrogen) atoms. The summed E-state index contributed by atoms with van der Waals surface area (Å²) < 4.78 is 0. The SMILES string of the molecule is C=C[CH2-].C=C[CH2-].[Cl-].[Cl-].[Cl-].[Nd+3]. The molecule has 0 rings (SSSR count). The molecule has 0 aliphatic rings. The Labute approximate surface area is 116 Å². The molecule has 1 radical (unpaired) electrons. The van der Waals surface area contributed by atoms with Crippen molar-refractivity contribution in [3.63, 3.8) is 0 Å². The Morgan fingerprint density at radius 1 is 0.800 bits per heavy atom. The molecule has 0 atom stereocenters. The fraction of sp³-hybridized carbons (Fsp3) is 0. The molecule has 0 nitrogen and oxygen atoms in total. The fourth-order valence-electron chi connectivity index (χ4n) is 0. The minimum Gasteiger partial charge on any atom is -1.00 e.